The van der Waals surface area contributed by atoms with Crippen molar-refractivity contribution in [3.63, 3.8) is 0 Å². The first-order chi connectivity index (χ1) is 10.7. The topological polar surface area (TPSA) is 0 Å². The zero-order chi connectivity index (χ0) is 15.8. The fraction of sp³-hybridized carbons (Fsp3) is 0.238. The molecule has 0 heterocycles. The number of rotatable bonds is 5. The van der Waals surface area contributed by atoms with Crippen LogP contribution in [0.5, 0.6) is 0 Å². The minimum absolute atomic E-state index is 0.958. The van der Waals surface area contributed by atoms with Gasteiger partial charge in [-0.3, -0.25) is 0 Å². The second kappa shape index (κ2) is 7.82. The van der Waals surface area contributed by atoms with Crippen molar-refractivity contribution in [3.05, 3.63) is 72.8 Å². The molecule has 0 N–H and O–H groups in total. The lowest BCUT2D eigenvalue weighted by Gasteiger charge is -2.28. The molecular formula is C21H24Si. The Kier molecular flexibility index (Phi) is 5.80. The minimum Gasteiger partial charge on any atom is -0.103 e. The second-order valence-corrected chi connectivity index (χ2v) is 9.98. The first kappa shape index (κ1) is 16.3. The minimum atomic E-state index is -1.83. The van der Waals surface area contributed by atoms with Gasteiger partial charge >= 0.3 is 0 Å². The highest BCUT2D eigenvalue weighted by Crippen LogP contribution is 2.14. The molecule has 112 valence electrons. The highest BCUT2D eigenvalue weighted by molar-refractivity contribution is 7.02. The summed E-state index contributed by atoms with van der Waals surface area (Å²) in [6.07, 6.45) is 4.13. The molecule has 2 rings (SSSR count). The molecule has 0 aliphatic rings. The van der Waals surface area contributed by atoms with Crippen molar-refractivity contribution in [2.75, 3.05) is 0 Å². The molecule has 0 saturated heterocycles. The van der Waals surface area contributed by atoms with Crippen LogP contribution in [0.15, 0.2) is 67.3 Å². The zero-order valence-electron chi connectivity index (χ0n) is 13.6. The van der Waals surface area contributed by atoms with Crippen molar-refractivity contribution >= 4 is 18.4 Å². The molecular weight excluding hydrogens is 280 g/mol. The van der Waals surface area contributed by atoms with E-state index in [1.807, 2.05) is 0 Å². The molecule has 2 aromatic carbocycles. The fourth-order valence-electron chi connectivity index (χ4n) is 2.83. The van der Waals surface area contributed by atoms with Gasteiger partial charge in [0, 0.05) is 12.0 Å². The first-order valence-electron chi connectivity index (χ1n) is 7.97. The Labute approximate surface area is 135 Å². The second-order valence-electron chi connectivity index (χ2n) is 5.79. The molecule has 1 unspecified atom stereocenters. The quantitative estimate of drug-likeness (QED) is 0.441. The van der Waals surface area contributed by atoms with Crippen LogP contribution >= 0.6 is 0 Å². The molecule has 0 amide bonds. The Bertz CT molecular complexity index is 676. The van der Waals surface area contributed by atoms with Gasteiger partial charge in [-0.1, -0.05) is 85.1 Å². The molecule has 0 fully saturated rings. The van der Waals surface area contributed by atoms with Gasteiger partial charge in [-0.05, 0) is 23.7 Å². The molecule has 0 bridgehead atoms. The number of unbranched alkanes of at least 4 members (excludes halogenated alkanes) is 1. The standard InChI is InChI=1S/C21H24Si/c1-4-6-8-13-19-14-11-12-17-21(19)22(3,18-5-2)20-15-9-7-10-16-20/h5,7,9-12,14-17H,2,4,6,18H2,1,3H3. The van der Waals surface area contributed by atoms with Crippen molar-refractivity contribution in [2.45, 2.75) is 32.4 Å². The molecule has 2 aromatic rings. The fourth-order valence-corrected chi connectivity index (χ4v) is 6.31. The van der Waals surface area contributed by atoms with Crippen LogP contribution in [0, 0.1) is 11.8 Å². The molecule has 1 atom stereocenters. The van der Waals surface area contributed by atoms with E-state index in [1.165, 1.54) is 15.9 Å². The van der Waals surface area contributed by atoms with E-state index in [4.69, 9.17) is 0 Å². The van der Waals surface area contributed by atoms with Gasteiger partial charge in [0.1, 0.15) is 8.07 Å². The molecule has 0 aliphatic carbocycles. The highest BCUT2D eigenvalue weighted by atomic mass is 28.3. The zero-order valence-corrected chi connectivity index (χ0v) is 14.6. The van der Waals surface area contributed by atoms with E-state index in [2.05, 4.69) is 92.6 Å². The summed E-state index contributed by atoms with van der Waals surface area (Å²) in [5.74, 6) is 6.70. The Morgan fingerprint density at radius 1 is 1.05 bits per heavy atom. The van der Waals surface area contributed by atoms with Gasteiger partial charge in [-0.2, -0.15) is 0 Å². The van der Waals surface area contributed by atoms with Crippen LogP contribution in [0.4, 0.5) is 0 Å². The van der Waals surface area contributed by atoms with Crippen molar-refractivity contribution in [1.82, 2.24) is 0 Å². The van der Waals surface area contributed by atoms with Crippen LogP contribution in [0.2, 0.25) is 12.6 Å². The Morgan fingerprint density at radius 2 is 1.73 bits per heavy atom. The van der Waals surface area contributed by atoms with Gasteiger partial charge in [0.15, 0.2) is 0 Å². The third-order valence-electron chi connectivity index (χ3n) is 4.08. The van der Waals surface area contributed by atoms with Crippen LogP contribution in [-0.2, 0) is 0 Å². The van der Waals surface area contributed by atoms with E-state index in [0.717, 1.165) is 18.9 Å². The van der Waals surface area contributed by atoms with E-state index in [1.54, 1.807) is 0 Å². The Hall–Kier alpha value is -2.04. The normalized spacial score (nSPS) is 12.8. The SMILES string of the molecule is C=CC[Si](C)(c1ccccc1)c1ccccc1C#CCCC. The lowest BCUT2D eigenvalue weighted by molar-refractivity contribution is 0.983. The summed E-state index contributed by atoms with van der Waals surface area (Å²) in [4.78, 5) is 0. The summed E-state index contributed by atoms with van der Waals surface area (Å²) in [6, 6.07) is 20.5. The largest absolute Gasteiger partial charge is 0.120 e. The summed E-state index contributed by atoms with van der Waals surface area (Å²) in [5, 5.41) is 2.87. The predicted molar refractivity (Wildman–Crippen MR) is 101 cm³/mol. The lowest BCUT2D eigenvalue weighted by atomic mass is 10.2. The first-order valence-corrected chi connectivity index (χ1v) is 10.7. The van der Waals surface area contributed by atoms with Crippen molar-refractivity contribution in [1.29, 1.82) is 0 Å². The smallest absolute Gasteiger partial charge is 0.103 e. The van der Waals surface area contributed by atoms with Gasteiger partial charge in [-0.25, -0.2) is 0 Å². The van der Waals surface area contributed by atoms with Crippen LogP contribution in [0.1, 0.15) is 25.3 Å². The molecule has 0 nitrogen and oxygen atoms in total. The molecule has 0 saturated carbocycles. The molecule has 0 aromatic heterocycles. The van der Waals surface area contributed by atoms with E-state index in [-0.39, 0.29) is 0 Å². The van der Waals surface area contributed by atoms with Gasteiger partial charge in [-0.15, -0.1) is 6.58 Å². The van der Waals surface area contributed by atoms with E-state index < -0.39 is 8.07 Å². The van der Waals surface area contributed by atoms with Crippen LogP contribution < -0.4 is 10.4 Å². The molecule has 0 aliphatic heterocycles. The van der Waals surface area contributed by atoms with Crippen molar-refractivity contribution in [3.8, 4) is 11.8 Å². The van der Waals surface area contributed by atoms with Crippen molar-refractivity contribution in [2.24, 2.45) is 0 Å². The van der Waals surface area contributed by atoms with Gasteiger partial charge in [0.25, 0.3) is 0 Å². The predicted octanol–water partition coefficient (Wildman–Crippen LogP) is 4.22. The maximum absolute atomic E-state index is 4.00. The van der Waals surface area contributed by atoms with Crippen LogP contribution in [0.25, 0.3) is 0 Å². The summed E-state index contributed by atoms with van der Waals surface area (Å²) in [7, 11) is -1.83. The number of hydrogen-bond donors (Lipinski definition) is 0. The number of allylic oxidation sites excluding steroid dienone is 1. The Balaban J connectivity index is 2.55. The maximum atomic E-state index is 4.00. The third kappa shape index (κ3) is 3.58. The van der Waals surface area contributed by atoms with E-state index in [9.17, 15) is 0 Å². The van der Waals surface area contributed by atoms with Crippen LogP contribution in [0.3, 0.4) is 0 Å². The summed E-state index contributed by atoms with van der Waals surface area (Å²) >= 11 is 0. The summed E-state index contributed by atoms with van der Waals surface area (Å²) < 4.78 is 0. The molecule has 0 radical (unpaired) electrons. The number of hydrogen-bond acceptors (Lipinski definition) is 0. The Morgan fingerprint density at radius 3 is 2.41 bits per heavy atom. The maximum Gasteiger partial charge on any atom is 0.120 e. The lowest BCUT2D eigenvalue weighted by Crippen LogP contribution is -2.56. The third-order valence-corrected chi connectivity index (χ3v) is 8.42. The van der Waals surface area contributed by atoms with Crippen LogP contribution in [-0.4, -0.2) is 8.07 Å². The van der Waals surface area contributed by atoms with Gasteiger partial charge in [0.2, 0.25) is 0 Å². The summed E-state index contributed by atoms with van der Waals surface area (Å²) in [6.45, 7) is 8.59. The molecule has 1 heteroatoms. The number of benzene rings is 2. The van der Waals surface area contributed by atoms with E-state index >= 15 is 0 Å². The van der Waals surface area contributed by atoms with Gasteiger partial charge < -0.3 is 0 Å². The molecule has 0 spiro atoms. The van der Waals surface area contributed by atoms with Crippen molar-refractivity contribution < 1.29 is 0 Å². The average Bonchev–Trinajstić information content (AvgIpc) is 2.56. The van der Waals surface area contributed by atoms with E-state index in [0.29, 0.717) is 0 Å². The van der Waals surface area contributed by atoms with Gasteiger partial charge in [0.05, 0.1) is 0 Å². The summed E-state index contributed by atoms with van der Waals surface area (Å²) in [5.41, 5.74) is 1.19. The monoisotopic (exact) mass is 304 g/mol. The average molecular weight is 305 g/mol. The molecule has 22 heavy (non-hydrogen) atoms. The highest BCUT2D eigenvalue weighted by Gasteiger charge is 2.31.